The lowest BCUT2D eigenvalue weighted by Gasteiger charge is -2.43. The number of imidazole rings is 1. The van der Waals surface area contributed by atoms with E-state index in [1.807, 2.05) is 30.3 Å². The number of halogens is 1. The predicted octanol–water partition coefficient (Wildman–Crippen LogP) is 3.69. The molecule has 4 nitrogen and oxygen atoms in total. The average Bonchev–Trinajstić information content (AvgIpc) is 3.29. The number of aromatic nitrogens is 2. The van der Waals surface area contributed by atoms with E-state index in [2.05, 4.69) is 16.0 Å². The normalized spacial score (nSPS) is 24.8. The van der Waals surface area contributed by atoms with Crippen molar-refractivity contribution in [2.24, 2.45) is 0 Å². The molecular formula is C20H17FN4. The van der Waals surface area contributed by atoms with Crippen LogP contribution in [0.25, 0.3) is 11.0 Å². The second kappa shape index (κ2) is 5.06. The van der Waals surface area contributed by atoms with E-state index in [4.69, 9.17) is 4.98 Å². The van der Waals surface area contributed by atoms with Gasteiger partial charge < -0.3 is 9.88 Å². The number of aromatic amines is 1. The Morgan fingerprint density at radius 3 is 2.96 bits per heavy atom. The molecule has 3 heterocycles. The highest BCUT2D eigenvalue weighted by Gasteiger charge is 2.52. The van der Waals surface area contributed by atoms with Crippen molar-refractivity contribution in [1.29, 1.82) is 5.26 Å². The summed E-state index contributed by atoms with van der Waals surface area (Å²) in [6.07, 6.45) is 2.28. The molecule has 2 aliphatic rings. The van der Waals surface area contributed by atoms with E-state index in [-0.39, 0.29) is 11.9 Å². The van der Waals surface area contributed by atoms with Crippen molar-refractivity contribution >= 4 is 16.7 Å². The molecule has 3 aromatic rings. The molecule has 2 atom stereocenters. The standard InChI is InChI=1S/C20H17FN4/c21-14-5-3-8-17-13(14)11-20(12-22,18-9-4-10-25(17)18)19-23-15-6-1-2-7-16(15)24-19/h1-3,5-8,18H,4,9-11H2,(H,23,24)/t18-,20+/m0/s1. The summed E-state index contributed by atoms with van der Waals surface area (Å²) < 4.78 is 14.6. The summed E-state index contributed by atoms with van der Waals surface area (Å²) >= 11 is 0. The number of para-hydroxylation sites is 2. The molecule has 2 aromatic carbocycles. The van der Waals surface area contributed by atoms with Crippen LogP contribution in [0, 0.1) is 17.1 Å². The third kappa shape index (κ3) is 1.88. The zero-order valence-corrected chi connectivity index (χ0v) is 13.7. The van der Waals surface area contributed by atoms with E-state index in [1.54, 1.807) is 6.07 Å². The molecule has 0 spiro atoms. The van der Waals surface area contributed by atoms with Crippen LogP contribution in [-0.2, 0) is 11.8 Å². The SMILES string of the molecule is N#C[C@]1(c2nc3ccccc3[nH]2)Cc2c(F)cccc2N2CCC[C@H]21. The Labute approximate surface area is 144 Å². The summed E-state index contributed by atoms with van der Waals surface area (Å²) in [4.78, 5) is 10.3. The highest BCUT2D eigenvalue weighted by atomic mass is 19.1. The summed E-state index contributed by atoms with van der Waals surface area (Å²) in [6.45, 7) is 0.852. The van der Waals surface area contributed by atoms with Gasteiger partial charge in [-0.05, 0) is 37.1 Å². The van der Waals surface area contributed by atoms with E-state index in [9.17, 15) is 9.65 Å². The van der Waals surface area contributed by atoms with Crippen LogP contribution in [0.1, 0.15) is 24.2 Å². The zero-order chi connectivity index (χ0) is 17.0. The topological polar surface area (TPSA) is 55.7 Å². The predicted molar refractivity (Wildman–Crippen MR) is 93.9 cm³/mol. The van der Waals surface area contributed by atoms with E-state index < -0.39 is 5.41 Å². The fraction of sp³-hybridized carbons (Fsp3) is 0.300. The van der Waals surface area contributed by atoms with E-state index in [0.29, 0.717) is 17.8 Å². The Morgan fingerprint density at radius 1 is 1.24 bits per heavy atom. The zero-order valence-electron chi connectivity index (χ0n) is 13.7. The number of nitrogens with one attached hydrogen (secondary N) is 1. The first-order valence-electron chi connectivity index (χ1n) is 8.63. The van der Waals surface area contributed by atoms with Gasteiger partial charge in [0.25, 0.3) is 0 Å². The molecule has 0 unspecified atom stereocenters. The maximum Gasteiger partial charge on any atom is 0.139 e. The summed E-state index contributed by atoms with van der Waals surface area (Å²) in [5, 5.41) is 10.2. The number of nitrogens with zero attached hydrogens (tertiary/aromatic N) is 3. The first-order chi connectivity index (χ1) is 12.2. The maximum atomic E-state index is 14.6. The monoisotopic (exact) mass is 332 g/mol. The number of nitriles is 1. The Balaban J connectivity index is 1.75. The Bertz CT molecular complexity index is 985. The van der Waals surface area contributed by atoms with E-state index in [1.165, 1.54) is 6.07 Å². The van der Waals surface area contributed by atoms with Crippen molar-refractivity contribution in [2.75, 3.05) is 11.4 Å². The molecule has 0 radical (unpaired) electrons. The van der Waals surface area contributed by atoms with Gasteiger partial charge in [0, 0.05) is 24.2 Å². The van der Waals surface area contributed by atoms with Gasteiger partial charge >= 0.3 is 0 Å². The van der Waals surface area contributed by atoms with Gasteiger partial charge in [0.2, 0.25) is 0 Å². The molecule has 25 heavy (non-hydrogen) atoms. The van der Waals surface area contributed by atoms with Crippen LogP contribution in [0.15, 0.2) is 42.5 Å². The first kappa shape index (κ1) is 14.5. The number of H-pyrrole nitrogens is 1. The summed E-state index contributed by atoms with van der Waals surface area (Å²) in [5.74, 6) is 0.417. The highest BCUT2D eigenvalue weighted by Crippen LogP contribution is 2.47. The van der Waals surface area contributed by atoms with Crippen molar-refractivity contribution in [3.05, 3.63) is 59.7 Å². The van der Waals surface area contributed by atoms with Gasteiger partial charge in [0.1, 0.15) is 17.1 Å². The number of benzene rings is 2. The van der Waals surface area contributed by atoms with Crippen molar-refractivity contribution in [2.45, 2.75) is 30.7 Å². The molecule has 0 aliphatic carbocycles. The lowest BCUT2D eigenvalue weighted by atomic mass is 9.71. The Kier molecular flexibility index (Phi) is 2.93. The van der Waals surface area contributed by atoms with Crippen molar-refractivity contribution in [3.8, 4) is 6.07 Å². The summed E-state index contributed by atoms with van der Waals surface area (Å²) in [5.41, 5.74) is 2.46. The summed E-state index contributed by atoms with van der Waals surface area (Å²) in [7, 11) is 0. The minimum Gasteiger partial charge on any atom is -0.366 e. The molecule has 0 amide bonds. The molecule has 0 saturated carbocycles. The van der Waals surface area contributed by atoms with Crippen LogP contribution >= 0.6 is 0 Å². The fourth-order valence-electron chi connectivity index (χ4n) is 4.53. The van der Waals surface area contributed by atoms with Gasteiger partial charge in [-0.15, -0.1) is 0 Å². The molecule has 124 valence electrons. The number of rotatable bonds is 1. The molecular weight excluding hydrogens is 315 g/mol. The van der Waals surface area contributed by atoms with Crippen LogP contribution < -0.4 is 4.90 Å². The Hall–Kier alpha value is -2.87. The molecule has 1 fully saturated rings. The first-order valence-corrected chi connectivity index (χ1v) is 8.63. The Morgan fingerprint density at radius 2 is 2.12 bits per heavy atom. The quantitative estimate of drug-likeness (QED) is 0.739. The average molecular weight is 332 g/mol. The minimum absolute atomic E-state index is 0.0207. The highest BCUT2D eigenvalue weighted by molar-refractivity contribution is 5.75. The third-order valence-electron chi connectivity index (χ3n) is 5.69. The lowest BCUT2D eigenvalue weighted by molar-refractivity contribution is 0.385. The van der Waals surface area contributed by atoms with Crippen molar-refractivity contribution < 1.29 is 4.39 Å². The second-order valence-corrected chi connectivity index (χ2v) is 6.95. The maximum absolute atomic E-state index is 14.6. The number of anilines is 1. The number of hydrogen-bond acceptors (Lipinski definition) is 3. The van der Waals surface area contributed by atoms with Gasteiger partial charge in [-0.25, -0.2) is 9.37 Å². The molecule has 1 aromatic heterocycles. The van der Waals surface area contributed by atoms with Crippen LogP contribution in [0.3, 0.4) is 0 Å². The van der Waals surface area contributed by atoms with Crippen molar-refractivity contribution in [3.63, 3.8) is 0 Å². The fourth-order valence-corrected chi connectivity index (χ4v) is 4.53. The largest absolute Gasteiger partial charge is 0.366 e. The van der Waals surface area contributed by atoms with Gasteiger partial charge in [0.05, 0.1) is 23.1 Å². The lowest BCUT2D eigenvalue weighted by Crippen LogP contribution is -2.52. The van der Waals surface area contributed by atoms with Crippen LogP contribution in [-0.4, -0.2) is 22.6 Å². The van der Waals surface area contributed by atoms with E-state index >= 15 is 0 Å². The molecule has 0 bridgehead atoms. The smallest absolute Gasteiger partial charge is 0.139 e. The van der Waals surface area contributed by atoms with E-state index in [0.717, 1.165) is 36.1 Å². The van der Waals surface area contributed by atoms with Gasteiger partial charge in [-0.1, -0.05) is 18.2 Å². The van der Waals surface area contributed by atoms with Gasteiger partial charge in [0.15, 0.2) is 0 Å². The third-order valence-corrected chi connectivity index (χ3v) is 5.69. The summed E-state index contributed by atoms with van der Waals surface area (Å²) in [6, 6.07) is 15.5. The van der Waals surface area contributed by atoms with Crippen molar-refractivity contribution in [1.82, 2.24) is 9.97 Å². The minimum atomic E-state index is -0.856. The van der Waals surface area contributed by atoms with Gasteiger partial charge in [-0.2, -0.15) is 5.26 Å². The molecule has 1 saturated heterocycles. The molecule has 5 rings (SSSR count). The van der Waals surface area contributed by atoms with Crippen LogP contribution in [0.4, 0.5) is 10.1 Å². The van der Waals surface area contributed by atoms with Crippen LogP contribution in [0.2, 0.25) is 0 Å². The second-order valence-electron chi connectivity index (χ2n) is 6.95. The molecule has 5 heteroatoms. The molecule has 2 aliphatic heterocycles. The number of fused-ring (bicyclic) bond motifs is 4. The number of hydrogen-bond donors (Lipinski definition) is 1. The van der Waals surface area contributed by atoms with Gasteiger partial charge in [-0.3, -0.25) is 0 Å². The molecule has 1 N–H and O–H groups in total. The van der Waals surface area contributed by atoms with Crippen LogP contribution in [0.5, 0.6) is 0 Å².